The molecule has 1 saturated heterocycles. The van der Waals surface area contributed by atoms with Gasteiger partial charge in [0.05, 0.1) is 0 Å². The summed E-state index contributed by atoms with van der Waals surface area (Å²) in [6, 6.07) is 7.81. The van der Waals surface area contributed by atoms with Crippen molar-refractivity contribution in [2.24, 2.45) is 0 Å². The van der Waals surface area contributed by atoms with Crippen LogP contribution in [0.5, 0.6) is 0 Å². The number of nitrogens with zero attached hydrogens (tertiary/aromatic N) is 2. The lowest BCUT2D eigenvalue weighted by atomic mass is 10.2. The lowest BCUT2D eigenvalue weighted by Crippen LogP contribution is -2.49. The van der Waals surface area contributed by atoms with E-state index in [1.165, 1.54) is 0 Å². The van der Waals surface area contributed by atoms with Crippen molar-refractivity contribution in [3.05, 3.63) is 29.3 Å². The average Bonchev–Trinajstić information content (AvgIpc) is 2.46. The summed E-state index contributed by atoms with van der Waals surface area (Å²) >= 11 is 5.88. The molecule has 0 aliphatic carbocycles. The van der Waals surface area contributed by atoms with E-state index >= 15 is 0 Å². The van der Waals surface area contributed by atoms with E-state index in [1.54, 1.807) is 0 Å². The molecule has 0 aromatic heterocycles. The van der Waals surface area contributed by atoms with Crippen LogP contribution in [0.1, 0.15) is 6.92 Å². The van der Waals surface area contributed by atoms with Gasteiger partial charge in [0.15, 0.2) is 0 Å². The summed E-state index contributed by atoms with van der Waals surface area (Å²) in [6.07, 6.45) is 0. The number of amides is 1. The molecular formula is C14H19ClN2O2. The second-order valence-corrected chi connectivity index (χ2v) is 4.92. The minimum atomic E-state index is 0.0811. The van der Waals surface area contributed by atoms with Crippen molar-refractivity contribution in [1.82, 2.24) is 4.90 Å². The van der Waals surface area contributed by atoms with Crippen LogP contribution in [0.25, 0.3) is 0 Å². The summed E-state index contributed by atoms with van der Waals surface area (Å²) in [6.45, 7) is 5.85. The minimum Gasteiger partial charge on any atom is -0.372 e. The third-order valence-corrected chi connectivity index (χ3v) is 3.51. The summed E-state index contributed by atoms with van der Waals surface area (Å²) < 4.78 is 5.15. The standard InChI is InChI=1S/C14H19ClN2O2/c1-2-19-11-14(18)17-9-7-16(8-10-17)13-5-3-12(15)4-6-13/h3-6H,2,7-11H2,1H3. The van der Waals surface area contributed by atoms with Crippen molar-refractivity contribution in [3.63, 3.8) is 0 Å². The molecule has 0 atom stereocenters. The topological polar surface area (TPSA) is 32.8 Å². The van der Waals surface area contributed by atoms with E-state index in [1.807, 2.05) is 36.1 Å². The molecule has 19 heavy (non-hydrogen) atoms. The Balaban J connectivity index is 1.85. The first kappa shape index (κ1) is 14.2. The maximum absolute atomic E-state index is 11.8. The van der Waals surface area contributed by atoms with E-state index in [0.29, 0.717) is 6.61 Å². The number of hydrogen-bond donors (Lipinski definition) is 0. The highest BCUT2D eigenvalue weighted by molar-refractivity contribution is 6.30. The number of benzene rings is 1. The van der Waals surface area contributed by atoms with Gasteiger partial charge in [-0.3, -0.25) is 4.79 Å². The zero-order valence-electron chi connectivity index (χ0n) is 11.1. The van der Waals surface area contributed by atoms with Gasteiger partial charge in [-0.2, -0.15) is 0 Å². The van der Waals surface area contributed by atoms with Gasteiger partial charge in [-0.15, -0.1) is 0 Å². The predicted octanol–water partition coefficient (Wildman–Crippen LogP) is 2.03. The molecule has 1 aromatic rings. The zero-order chi connectivity index (χ0) is 13.7. The van der Waals surface area contributed by atoms with Crippen molar-refractivity contribution in [2.45, 2.75) is 6.92 Å². The molecule has 0 N–H and O–H groups in total. The third-order valence-electron chi connectivity index (χ3n) is 3.25. The number of rotatable bonds is 4. The lowest BCUT2D eigenvalue weighted by Gasteiger charge is -2.36. The molecule has 1 aromatic carbocycles. The van der Waals surface area contributed by atoms with E-state index in [-0.39, 0.29) is 12.5 Å². The Morgan fingerprint density at radius 3 is 2.42 bits per heavy atom. The molecule has 1 amide bonds. The van der Waals surface area contributed by atoms with Gasteiger partial charge >= 0.3 is 0 Å². The molecule has 2 rings (SSSR count). The van der Waals surface area contributed by atoms with Gasteiger partial charge in [-0.1, -0.05) is 11.6 Å². The van der Waals surface area contributed by atoms with Gasteiger partial charge < -0.3 is 14.5 Å². The van der Waals surface area contributed by atoms with Gasteiger partial charge in [-0.25, -0.2) is 0 Å². The van der Waals surface area contributed by atoms with E-state index in [2.05, 4.69) is 4.90 Å². The molecule has 0 bridgehead atoms. The Kier molecular flexibility index (Phi) is 5.05. The molecule has 0 saturated carbocycles. The molecular weight excluding hydrogens is 264 g/mol. The number of anilines is 1. The van der Waals surface area contributed by atoms with E-state index in [9.17, 15) is 4.79 Å². The molecule has 1 heterocycles. The van der Waals surface area contributed by atoms with Crippen LogP contribution in [-0.4, -0.2) is 50.2 Å². The largest absolute Gasteiger partial charge is 0.372 e. The highest BCUT2D eigenvalue weighted by atomic mass is 35.5. The van der Waals surface area contributed by atoms with Crippen molar-refractivity contribution in [1.29, 1.82) is 0 Å². The van der Waals surface area contributed by atoms with Crippen LogP contribution < -0.4 is 4.90 Å². The first-order valence-corrected chi connectivity index (χ1v) is 6.94. The summed E-state index contributed by atoms with van der Waals surface area (Å²) in [4.78, 5) is 15.9. The van der Waals surface area contributed by atoms with Crippen molar-refractivity contribution >= 4 is 23.2 Å². The quantitative estimate of drug-likeness (QED) is 0.847. The maximum atomic E-state index is 11.8. The Labute approximate surface area is 118 Å². The third kappa shape index (κ3) is 3.85. The fourth-order valence-corrected chi connectivity index (χ4v) is 2.27. The normalized spacial score (nSPS) is 15.7. The summed E-state index contributed by atoms with van der Waals surface area (Å²) in [5, 5.41) is 0.745. The molecule has 104 valence electrons. The van der Waals surface area contributed by atoms with Crippen LogP contribution >= 0.6 is 11.6 Å². The smallest absolute Gasteiger partial charge is 0.248 e. The number of hydrogen-bond acceptors (Lipinski definition) is 3. The Morgan fingerprint density at radius 1 is 1.21 bits per heavy atom. The first-order chi connectivity index (χ1) is 9.20. The number of carbonyl (C=O) groups is 1. The Morgan fingerprint density at radius 2 is 1.84 bits per heavy atom. The second kappa shape index (κ2) is 6.78. The van der Waals surface area contributed by atoms with E-state index in [4.69, 9.17) is 16.3 Å². The number of carbonyl (C=O) groups excluding carboxylic acids is 1. The first-order valence-electron chi connectivity index (χ1n) is 6.56. The summed E-state index contributed by atoms with van der Waals surface area (Å²) in [7, 11) is 0. The number of halogens is 1. The van der Waals surface area contributed by atoms with Crippen molar-refractivity contribution in [2.75, 3.05) is 44.3 Å². The molecule has 1 aliphatic rings. The second-order valence-electron chi connectivity index (χ2n) is 4.48. The maximum Gasteiger partial charge on any atom is 0.248 e. The summed E-state index contributed by atoms with van der Waals surface area (Å²) in [5.74, 6) is 0.0811. The SMILES string of the molecule is CCOCC(=O)N1CCN(c2ccc(Cl)cc2)CC1. The Bertz CT molecular complexity index is 414. The fraction of sp³-hybridized carbons (Fsp3) is 0.500. The minimum absolute atomic E-state index is 0.0811. The highest BCUT2D eigenvalue weighted by Gasteiger charge is 2.20. The molecule has 5 heteroatoms. The zero-order valence-corrected chi connectivity index (χ0v) is 11.9. The summed E-state index contributed by atoms with van der Waals surface area (Å²) in [5.41, 5.74) is 1.15. The van der Waals surface area contributed by atoms with Crippen LogP contribution in [0.15, 0.2) is 24.3 Å². The molecule has 0 spiro atoms. The monoisotopic (exact) mass is 282 g/mol. The number of piperazine rings is 1. The molecule has 1 aliphatic heterocycles. The van der Waals surface area contributed by atoms with Crippen molar-refractivity contribution < 1.29 is 9.53 Å². The average molecular weight is 283 g/mol. The van der Waals surface area contributed by atoms with Gasteiger partial charge in [-0.05, 0) is 31.2 Å². The van der Waals surface area contributed by atoms with Gasteiger partial charge in [0, 0.05) is 43.5 Å². The van der Waals surface area contributed by atoms with Crippen LogP contribution in [0, 0.1) is 0 Å². The number of ether oxygens (including phenoxy) is 1. The van der Waals surface area contributed by atoms with Crippen LogP contribution in [0.2, 0.25) is 5.02 Å². The molecule has 4 nitrogen and oxygen atoms in total. The van der Waals surface area contributed by atoms with Crippen LogP contribution in [0.4, 0.5) is 5.69 Å². The fourth-order valence-electron chi connectivity index (χ4n) is 2.15. The highest BCUT2D eigenvalue weighted by Crippen LogP contribution is 2.19. The molecule has 0 radical (unpaired) electrons. The lowest BCUT2D eigenvalue weighted by molar-refractivity contribution is -0.136. The molecule has 0 unspecified atom stereocenters. The van der Waals surface area contributed by atoms with E-state index < -0.39 is 0 Å². The van der Waals surface area contributed by atoms with Gasteiger partial charge in [0.1, 0.15) is 6.61 Å². The predicted molar refractivity (Wildman–Crippen MR) is 76.7 cm³/mol. The molecule has 1 fully saturated rings. The van der Waals surface area contributed by atoms with Gasteiger partial charge in [0.25, 0.3) is 0 Å². The van der Waals surface area contributed by atoms with Crippen molar-refractivity contribution in [3.8, 4) is 0 Å². The van der Waals surface area contributed by atoms with Crippen LogP contribution in [-0.2, 0) is 9.53 Å². The van der Waals surface area contributed by atoms with E-state index in [0.717, 1.165) is 36.9 Å². The Hall–Kier alpha value is -1.26. The van der Waals surface area contributed by atoms with Gasteiger partial charge in [0.2, 0.25) is 5.91 Å². The van der Waals surface area contributed by atoms with Crippen LogP contribution in [0.3, 0.4) is 0 Å².